The van der Waals surface area contributed by atoms with Crippen LogP contribution in [0.15, 0.2) is 24.3 Å². The molecule has 7 nitrogen and oxygen atoms in total. The first kappa shape index (κ1) is 11.6. The van der Waals surface area contributed by atoms with Gasteiger partial charge in [-0.05, 0) is 34.9 Å². The van der Waals surface area contributed by atoms with E-state index >= 15 is 0 Å². The van der Waals surface area contributed by atoms with Crippen molar-refractivity contribution in [1.29, 1.82) is 0 Å². The Morgan fingerprint density at radius 1 is 1.42 bits per heavy atom. The van der Waals surface area contributed by atoms with Gasteiger partial charge in [-0.2, -0.15) is 4.80 Å². The van der Waals surface area contributed by atoms with E-state index in [-0.39, 0.29) is 11.9 Å². The van der Waals surface area contributed by atoms with Crippen LogP contribution in [-0.2, 0) is 7.05 Å². The molecule has 1 amide bonds. The second kappa shape index (κ2) is 4.32. The van der Waals surface area contributed by atoms with Crippen molar-refractivity contribution in [3.63, 3.8) is 0 Å². The van der Waals surface area contributed by atoms with Gasteiger partial charge in [0.1, 0.15) is 0 Å². The van der Waals surface area contributed by atoms with E-state index in [1.807, 2.05) is 18.2 Å². The van der Waals surface area contributed by atoms with Gasteiger partial charge in [0.15, 0.2) is 0 Å². The Labute approximate surface area is 112 Å². The van der Waals surface area contributed by atoms with E-state index in [1.165, 1.54) is 16.1 Å². The van der Waals surface area contributed by atoms with Crippen molar-refractivity contribution < 1.29 is 4.79 Å². The zero-order chi connectivity index (χ0) is 13.4. The minimum atomic E-state index is -0.257. The number of rotatable bonds is 2. The van der Waals surface area contributed by atoms with Gasteiger partial charge in [-0.25, -0.2) is 0 Å². The Hall–Kier alpha value is -2.48. The summed E-state index contributed by atoms with van der Waals surface area (Å²) < 4.78 is 1.01. The number of fused-ring (bicyclic) bond motifs is 1. The van der Waals surface area contributed by atoms with Crippen LogP contribution in [0.4, 0.5) is 11.6 Å². The molecule has 0 atom stereocenters. The molecule has 3 N–H and O–H groups in total. The van der Waals surface area contributed by atoms with Crippen LogP contribution in [0.5, 0.6) is 0 Å². The summed E-state index contributed by atoms with van der Waals surface area (Å²) in [6.45, 7) is 0. The average Bonchev–Trinajstić information content (AvgIpc) is 2.95. The first-order valence-electron chi connectivity index (χ1n) is 5.46. The first-order chi connectivity index (χ1) is 9.11. The maximum atomic E-state index is 12.0. The van der Waals surface area contributed by atoms with Crippen LogP contribution in [0.25, 0.3) is 10.1 Å². The van der Waals surface area contributed by atoms with Crippen LogP contribution in [-0.4, -0.2) is 26.1 Å². The number of nitrogens with zero attached hydrogens (tertiary/aromatic N) is 4. The maximum absolute atomic E-state index is 12.0. The summed E-state index contributed by atoms with van der Waals surface area (Å²) >= 11 is 1.39. The minimum Gasteiger partial charge on any atom is -0.399 e. The second-order valence-electron chi connectivity index (χ2n) is 3.96. The molecule has 0 saturated heterocycles. The summed E-state index contributed by atoms with van der Waals surface area (Å²) in [5, 5.41) is 14.8. The zero-order valence-corrected chi connectivity index (χ0v) is 10.8. The molecule has 2 aromatic heterocycles. The topological polar surface area (TPSA) is 98.7 Å². The normalized spacial score (nSPS) is 10.8. The van der Waals surface area contributed by atoms with Crippen molar-refractivity contribution in [1.82, 2.24) is 20.2 Å². The fourth-order valence-electron chi connectivity index (χ4n) is 1.67. The molecule has 0 aliphatic heterocycles. The standard InChI is InChI=1S/C11H10N6OS/c1-17-15-11(14-16-17)13-10(18)9-5-6-4-7(12)2-3-8(6)19-9/h2-5H,12H2,1H3,(H,13,15,18). The van der Waals surface area contributed by atoms with Crippen molar-refractivity contribution in [3.8, 4) is 0 Å². The summed E-state index contributed by atoms with van der Waals surface area (Å²) in [7, 11) is 1.63. The molecule has 0 aliphatic rings. The highest BCUT2D eigenvalue weighted by atomic mass is 32.1. The number of tetrazole rings is 1. The van der Waals surface area contributed by atoms with E-state index in [2.05, 4.69) is 20.7 Å². The Balaban J connectivity index is 1.89. The van der Waals surface area contributed by atoms with E-state index in [1.54, 1.807) is 13.1 Å². The lowest BCUT2D eigenvalue weighted by atomic mass is 10.2. The molecule has 1 aromatic carbocycles. The lowest BCUT2D eigenvalue weighted by Gasteiger charge is -1.95. The summed E-state index contributed by atoms with van der Waals surface area (Å²) in [5.41, 5.74) is 6.38. The number of hydrogen-bond donors (Lipinski definition) is 2. The van der Waals surface area contributed by atoms with Gasteiger partial charge in [0, 0.05) is 10.4 Å². The molecular weight excluding hydrogens is 264 g/mol. The number of nitrogen functional groups attached to an aromatic ring is 1. The largest absolute Gasteiger partial charge is 0.399 e. The maximum Gasteiger partial charge on any atom is 0.270 e. The SMILES string of the molecule is Cn1nnc(NC(=O)c2cc3cc(N)ccc3s2)n1. The van der Waals surface area contributed by atoms with Crippen LogP contribution in [0.3, 0.4) is 0 Å². The Kier molecular flexibility index (Phi) is 2.64. The molecule has 3 aromatic rings. The molecule has 0 bridgehead atoms. The molecule has 0 spiro atoms. The smallest absolute Gasteiger partial charge is 0.270 e. The highest BCUT2D eigenvalue weighted by molar-refractivity contribution is 7.20. The molecular formula is C11H10N6OS. The highest BCUT2D eigenvalue weighted by Gasteiger charge is 2.12. The Morgan fingerprint density at radius 2 is 2.26 bits per heavy atom. The van der Waals surface area contributed by atoms with Crippen LogP contribution >= 0.6 is 11.3 Å². The highest BCUT2D eigenvalue weighted by Crippen LogP contribution is 2.27. The predicted octanol–water partition coefficient (Wildman–Crippen LogP) is 1.26. The number of aromatic nitrogens is 4. The molecule has 3 rings (SSSR count). The monoisotopic (exact) mass is 274 g/mol. The van der Waals surface area contributed by atoms with Crippen molar-refractivity contribution in [2.45, 2.75) is 0 Å². The van der Waals surface area contributed by atoms with Crippen LogP contribution in [0.2, 0.25) is 0 Å². The molecule has 0 fully saturated rings. The van der Waals surface area contributed by atoms with Crippen LogP contribution in [0.1, 0.15) is 9.67 Å². The van der Waals surface area contributed by atoms with E-state index in [9.17, 15) is 4.79 Å². The predicted molar refractivity (Wildman–Crippen MR) is 73.0 cm³/mol. The molecule has 96 valence electrons. The minimum absolute atomic E-state index is 0.185. The number of carbonyl (C=O) groups is 1. The number of thiophene rings is 1. The number of anilines is 2. The van der Waals surface area contributed by atoms with Crippen LogP contribution in [0, 0.1) is 0 Å². The summed E-state index contributed by atoms with van der Waals surface area (Å²) in [6, 6.07) is 7.34. The number of aryl methyl sites for hydroxylation is 1. The average molecular weight is 274 g/mol. The van der Waals surface area contributed by atoms with Gasteiger partial charge < -0.3 is 5.73 Å². The van der Waals surface area contributed by atoms with Crippen molar-refractivity contribution in [3.05, 3.63) is 29.1 Å². The summed E-state index contributed by atoms with van der Waals surface area (Å²) in [5.74, 6) is -0.0720. The van der Waals surface area contributed by atoms with Gasteiger partial charge in [-0.1, -0.05) is 5.10 Å². The molecule has 19 heavy (non-hydrogen) atoms. The van der Waals surface area contributed by atoms with Gasteiger partial charge >= 0.3 is 0 Å². The van der Waals surface area contributed by atoms with E-state index in [4.69, 9.17) is 5.73 Å². The number of hydrogen-bond acceptors (Lipinski definition) is 6. The summed E-state index contributed by atoms with van der Waals surface area (Å²) in [6.07, 6.45) is 0. The first-order valence-corrected chi connectivity index (χ1v) is 6.28. The fourth-order valence-corrected chi connectivity index (χ4v) is 2.61. The number of carbonyl (C=O) groups excluding carboxylic acids is 1. The fraction of sp³-hybridized carbons (Fsp3) is 0.0909. The molecule has 0 aliphatic carbocycles. The lowest BCUT2D eigenvalue weighted by molar-refractivity contribution is 0.102. The van der Waals surface area contributed by atoms with Gasteiger partial charge in [0.2, 0.25) is 0 Å². The molecule has 0 unspecified atom stereocenters. The van der Waals surface area contributed by atoms with Crippen molar-refractivity contribution in [2.24, 2.45) is 7.05 Å². The molecule has 8 heteroatoms. The van der Waals surface area contributed by atoms with Gasteiger partial charge in [-0.15, -0.1) is 16.4 Å². The lowest BCUT2D eigenvalue weighted by Crippen LogP contribution is -2.11. The van der Waals surface area contributed by atoms with Gasteiger partial charge in [-0.3, -0.25) is 10.1 Å². The number of nitrogens with one attached hydrogen (secondary N) is 1. The Morgan fingerprint density at radius 3 is 3.00 bits per heavy atom. The molecule has 0 saturated carbocycles. The number of benzene rings is 1. The molecule has 2 heterocycles. The van der Waals surface area contributed by atoms with Crippen LogP contribution < -0.4 is 11.1 Å². The zero-order valence-electron chi connectivity index (χ0n) is 9.99. The quantitative estimate of drug-likeness (QED) is 0.685. The van der Waals surface area contributed by atoms with E-state index < -0.39 is 0 Å². The van der Waals surface area contributed by atoms with Gasteiger partial charge in [0.25, 0.3) is 11.9 Å². The third-order valence-corrected chi connectivity index (χ3v) is 3.61. The van der Waals surface area contributed by atoms with E-state index in [0.717, 1.165) is 10.1 Å². The van der Waals surface area contributed by atoms with E-state index in [0.29, 0.717) is 10.6 Å². The summed E-state index contributed by atoms with van der Waals surface area (Å²) in [4.78, 5) is 13.9. The Bertz CT molecular complexity index is 761. The second-order valence-corrected chi connectivity index (χ2v) is 5.05. The third-order valence-electron chi connectivity index (χ3n) is 2.50. The van der Waals surface area contributed by atoms with Crippen molar-refractivity contribution in [2.75, 3.05) is 11.1 Å². The third kappa shape index (κ3) is 2.25. The number of nitrogens with two attached hydrogens (primary N) is 1. The van der Waals surface area contributed by atoms with Crippen molar-refractivity contribution >= 4 is 39.0 Å². The molecule has 0 radical (unpaired) electrons. The van der Waals surface area contributed by atoms with Gasteiger partial charge in [0.05, 0.1) is 11.9 Å². The number of amides is 1.